The molecule has 1 aromatic carbocycles. The summed E-state index contributed by atoms with van der Waals surface area (Å²) < 4.78 is 0. The summed E-state index contributed by atoms with van der Waals surface area (Å²) in [6.07, 6.45) is 6.35. The fourth-order valence-corrected chi connectivity index (χ4v) is 3.71. The Morgan fingerprint density at radius 3 is 2.40 bits per heavy atom. The van der Waals surface area contributed by atoms with E-state index in [4.69, 9.17) is 0 Å². The van der Waals surface area contributed by atoms with Crippen LogP contribution in [0.5, 0.6) is 0 Å². The molecule has 0 aromatic heterocycles. The molecule has 2 heteroatoms. The van der Waals surface area contributed by atoms with Crippen LogP contribution in [0.4, 0.5) is 0 Å². The van der Waals surface area contributed by atoms with Crippen molar-refractivity contribution in [2.75, 3.05) is 13.1 Å². The zero-order valence-corrected chi connectivity index (χ0v) is 12.9. The number of aliphatic hydroxyl groups is 1. The van der Waals surface area contributed by atoms with E-state index in [2.05, 4.69) is 19.2 Å². The van der Waals surface area contributed by atoms with Crippen LogP contribution in [-0.4, -0.2) is 18.2 Å². The van der Waals surface area contributed by atoms with Gasteiger partial charge in [0, 0.05) is 13.1 Å². The van der Waals surface area contributed by atoms with Gasteiger partial charge >= 0.3 is 0 Å². The van der Waals surface area contributed by atoms with Crippen molar-refractivity contribution in [3.63, 3.8) is 0 Å². The van der Waals surface area contributed by atoms with Crippen molar-refractivity contribution in [1.82, 2.24) is 5.32 Å². The summed E-state index contributed by atoms with van der Waals surface area (Å²) in [5.41, 5.74) is 1.48. The van der Waals surface area contributed by atoms with Gasteiger partial charge in [0.25, 0.3) is 0 Å². The Labute approximate surface area is 123 Å². The molecule has 2 rings (SSSR count). The second-order valence-electron chi connectivity index (χ2n) is 6.86. The Bertz CT molecular complexity index is 382. The molecule has 1 aliphatic rings. The van der Waals surface area contributed by atoms with E-state index in [1.807, 2.05) is 30.3 Å². The second-order valence-corrected chi connectivity index (χ2v) is 6.86. The zero-order chi connectivity index (χ0) is 14.4. The van der Waals surface area contributed by atoms with Gasteiger partial charge in [-0.1, -0.05) is 57.0 Å². The monoisotopic (exact) mass is 275 g/mol. The summed E-state index contributed by atoms with van der Waals surface area (Å²) in [5.74, 6) is 0.758. The third-order valence-electron chi connectivity index (χ3n) is 4.53. The van der Waals surface area contributed by atoms with E-state index in [1.54, 1.807) is 0 Å². The van der Waals surface area contributed by atoms with Gasteiger partial charge in [0.2, 0.25) is 0 Å². The van der Waals surface area contributed by atoms with Crippen LogP contribution in [0.1, 0.15) is 57.6 Å². The first kappa shape index (κ1) is 15.5. The summed E-state index contributed by atoms with van der Waals surface area (Å²) in [6.45, 7) is 6.34. The average molecular weight is 275 g/mol. The molecule has 1 aromatic rings. The van der Waals surface area contributed by atoms with Gasteiger partial charge in [-0.15, -0.1) is 0 Å². The van der Waals surface area contributed by atoms with E-state index in [9.17, 15) is 5.11 Å². The number of hydrogen-bond donors (Lipinski definition) is 2. The molecule has 20 heavy (non-hydrogen) atoms. The smallest absolute Gasteiger partial charge is 0.0914 e. The first-order valence-corrected chi connectivity index (χ1v) is 8.05. The highest BCUT2D eigenvalue weighted by atomic mass is 16.3. The minimum absolute atomic E-state index is 0.395. The van der Waals surface area contributed by atoms with E-state index in [0.717, 1.165) is 18.0 Å². The molecule has 1 saturated carbocycles. The topological polar surface area (TPSA) is 32.3 Å². The van der Waals surface area contributed by atoms with Crippen LogP contribution in [0, 0.1) is 11.3 Å². The van der Waals surface area contributed by atoms with Crippen LogP contribution in [0.2, 0.25) is 0 Å². The van der Waals surface area contributed by atoms with Gasteiger partial charge in [-0.3, -0.25) is 0 Å². The number of nitrogens with one attached hydrogen (secondary N) is 1. The highest BCUT2D eigenvalue weighted by molar-refractivity contribution is 5.17. The van der Waals surface area contributed by atoms with Gasteiger partial charge in [-0.25, -0.2) is 0 Å². The summed E-state index contributed by atoms with van der Waals surface area (Å²) >= 11 is 0. The van der Waals surface area contributed by atoms with Crippen molar-refractivity contribution >= 4 is 0 Å². The molecule has 1 atom stereocenters. The van der Waals surface area contributed by atoms with Crippen LogP contribution < -0.4 is 5.32 Å². The predicted octanol–water partition coefficient (Wildman–Crippen LogP) is 3.92. The van der Waals surface area contributed by atoms with E-state index in [0.29, 0.717) is 12.0 Å². The maximum Gasteiger partial charge on any atom is 0.0914 e. The summed E-state index contributed by atoms with van der Waals surface area (Å²) in [7, 11) is 0. The SMILES string of the molecule is CC(C)CC1(CNCC(O)c2ccccc2)CCCC1. The normalized spacial score (nSPS) is 19.4. The zero-order valence-electron chi connectivity index (χ0n) is 12.9. The van der Waals surface area contributed by atoms with Gasteiger partial charge in [-0.05, 0) is 36.2 Å². The summed E-state index contributed by atoms with van der Waals surface area (Å²) in [4.78, 5) is 0. The van der Waals surface area contributed by atoms with Crippen molar-refractivity contribution < 1.29 is 5.11 Å². The fourth-order valence-electron chi connectivity index (χ4n) is 3.71. The van der Waals surface area contributed by atoms with Crippen molar-refractivity contribution in [3.05, 3.63) is 35.9 Å². The number of hydrogen-bond acceptors (Lipinski definition) is 2. The molecule has 0 heterocycles. The Morgan fingerprint density at radius 1 is 1.15 bits per heavy atom. The minimum atomic E-state index is -0.395. The highest BCUT2D eigenvalue weighted by Gasteiger charge is 2.33. The molecule has 0 spiro atoms. The van der Waals surface area contributed by atoms with E-state index < -0.39 is 6.10 Å². The van der Waals surface area contributed by atoms with Crippen molar-refractivity contribution in [3.8, 4) is 0 Å². The average Bonchev–Trinajstić information content (AvgIpc) is 2.87. The lowest BCUT2D eigenvalue weighted by atomic mass is 9.78. The van der Waals surface area contributed by atoms with Gasteiger partial charge in [0.1, 0.15) is 0 Å². The molecule has 112 valence electrons. The molecule has 1 fully saturated rings. The fraction of sp³-hybridized carbons (Fsp3) is 0.667. The van der Waals surface area contributed by atoms with Crippen molar-refractivity contribution in [2.24, 2.45) is 11.3 Å². The number of aliphatic hydroxyl groups excluding tert-OH is 1. The lowest BCUT2D eigenvalue weighted by Gasteiger charge is -2.31. The molecule has 0 bridgehead atoms. The quantitative estimate of drug-likeness (QED) is 0.790. The lowest BCUT2D eigenvalue weighted by molar-refractivity contribution is 0.158. The molecule has 2 nitrogen and oxygen atoms in total. The van der Waals surface area contributed by atoms with Crippen molar-refractivity contribution in [1.29, 1.82) is 0 Å². The van der Waals surface area contributed by atoms with Gasteiger partial charge in [-0.2, -0.15) is 0 Å². The lowest BCUT2D eigenvalue weighted by Crippen LogP contribution is -2.35. The molecule has 1 unspecified atom stereocenters. The van der Waals surface area contributed by atoms with Gasteiger partial charge in [0.15, 0.2) is 0 Å². The minimum Gasteiger partial charge on any atom is -0.387 e. The maximum atomic E-state index is 10.2. The molecule has 0 radical (unpaired) electrons. The summed E-state index contributed by atoms with van der Waals surface area (Å²) in [5, 5.41) is 13.7. The van der Waals surface area contributed by atoms with Crippen molar-refractivity contribution in [2.45, 2.75) is 52.1 Å². The third-order valence-corrected chi connectivity index (χ3v) is 4.53. The third kappa shape index (κ3) is 4.32. The van der Waals surface area contributed by atoms with E-state index in [-0.39, 0.29) is 0 Å². The van der Waals surface area contributed by atoms with Crippen LogP contribution in [0.3, 0.4) is 0 Å². The van der Waals surface area contributed by atoms with Crippen LogP contribution in [0.25, 0.3) is 0 Å². The Balaban J connectivity index is 1.81. The Morgan fingerprint density at radius 2 is 1.80 bits per heavy atom. The standard InChI is InChI=1S/C18H29NO/c1-15(2)12-18(10-6-7-11-18)14-19-13-17(20)16-8-4-3-5-9-16/h3-5,8-9,15,17,19-20H,6-7,10-14H2,1-2H3. The Hall–Kier alpha value is -0.860. The van der Waals surface area contributed by atoms with Crippen LogP contribution in [0.15, 0.2) is 30.3 Å². The predicted molar refractivity (Wildman–Crippen MR) is 84.6 cm³/mol. The highest BCUT2D eigenvalue weighted by Crippen LogP contribution is 2.42. The first-order chi connectivity index (χ1) is 9.61. The molecule has 1 aliphatic carbocycles. The largest absolute Gasteiger partial charge is 0.387 e. The molecule has 0 aliphatic heterocycles. The van der Waals surface area contributed by atoms with E-state index >= 15 is 0 Å². The van der Waals surface area contributed by atoms with Gasteiger partial charge < -0.3 is 10.4 Å². The van der Waals surface area contributed by atoms with Gasteiger partial charge in [0.05, 0.1) is 6.10 Å². The first-order valence-electron chi connectivity index (χ1n) is 8.05. The molecule has 2 N–H and O–H groups in total. The maximum absolute atomic E-state index is 10.2. The molecular formula is C18H29NO. The second kappa shape index (κ2) is 7.24. The number of benzene rings is 1. The van der Waals surface area contributed by atoms with Crippen LogP contribution in [-0.2, 0) is 0 Å². The molecule has 0 amide bonds. The Kier molecular flexibility index (Phi) is 5.62. The van der Waals surface area contributed by atoms with E-state index in [1.165, 1.54) is 32.1 Å². The summed E-state index contributed by atoms with van der Waals surface area (Å²) in [6, 6.07) is 9.93. The van der Waals surface area contributed by atoms with Crippen LogP contribution >= 0.6 is 0 Å². The number of rotatable bonds is 7. The molecule has 0 saturated heterocycles. The molecular weight excluding hydrogens is 246 g/mol.